The highest BCUT2D eigenvalue weighted by molar-refractivity contribution is 7.10. The second-order valence-corrected chi connectivity index (χ2v) is 8.62. The van der Waals surface area contributed by atoms with Crippen molar-refractivity contribution in [2.45, 2.75) is 31.2 Å². The Morgan fingerprint density at radius 3 is 2.83 bits per heavy atom. The van der Waals surface area contributed by atoms with Crippen molar-refractivity contribution in [3.8, 4) is 0 Å². The smallest absolute Gasteiger partial charge is 0.225 e. The summed E-state index contributed by atoms with van der Waals surface area (Å²) < 4.78 is 0. The number of anilines is 1. The maximum Gasteiger partial charge on any atom is 0.225 e. The van der Waals surface area contributed by atoms with Gasteiger partial charge >= 0.3 is 0 Å². The van der Waals surface area contributed by atoms with Gasteiger partial charge in [0, 0.05) is 43.0 Å². The number of amides is 1. The molecular weight excluding hydrogens is 382 g/mol. The molecule has 29 heavy (non-hydrogen) atoms. The van der Waals surface area contributed by atoms with Crippen LogP contribution in [0.15, 0.2) is 46.8 Å². The summed E-state index contributed by atoms with van der Waals surface area (Å²) in [5.74, 6) is 1.00. The monoisotopic (exact) mass is 411 g/mol. The van der Waals surface area contributed by atoms with Gasteiger partial charge in [0.1, 0.15) is 0 Å². The molecule has 1 amide bonds. The first-order valence-corrected chi connectivity index (χ1v) is 11.2. The summed E-state index contributed by atoms with van der Waals surface area (Å²) in [6.07, 6.45) is 3.04. The number of benzene rings is 1. The highest BCUT2D eigenvalue weighted by atomic mass is 32.1. The average Bonchev–Trinajstić information content (AvgIpc) is 3.45. The Balaban J connectivity index is 1.37. The number of hydrogen-bond donors (Lipinski definition) is 3. The maximum atomic E-state index is 12.1. The molecule has 1 saturated heterocycles. The van der Waals surface area contributed by atoms with Crippen LogP contribution in [0, 0.1) is 0 Å². The molecule has 154 valence electrons. The van der Waals surface area contributed by atoms with Gasteiger partial charge in [-0.3, -0.25) is 14.7 Å². The van der Waals surface area contributed by atoms with E-state index in [-0.39, 0.29) is 11.8 Å². The third kappa shape index (κ3) is 4.79. The van der Waals surface area contributed by atoms with Gasteiger partial charge in [-0.05, 0) is 49.0 Å². The first-order chi connectivity index (χ1) is 14.2. The molecule has 2 atom stereocenters. The average molecular weight is 412 g/mol. The fourth-order valence-corrected chi connectivity index (χ4v) is 5.12. The molecule has 7 heteroatoms. The summed E-state index contributed by atoms with van der Waals surface area (Å²) in [6, 6.07) is 12.8. The number of para-hydroxylation sites is 1. The van der Waals surface area contributed by atoms with E-state index in [1.165, 1.54) is 23.3 Å². The van der Waals surface area contributed by atoms with Crippen LogP contribution in [-0.2, 0) is 4.79 Å². The third-order valence-electron chi connectivity index (χ3n) is 5.76. The zero-order valence-corrected chi connectivity index (χ0v) is 17.7. The van der Waals surface area contributed by atoms with Gasteiger partial charge in [-0.15, -0.1) is 11.3 Å². The molecule has 2 aliphatic rings. The number of carbonyl (C=O) groups is 1. The van der Waals surface area contributed by atoms with Crippen molar-refractivity contribution in [3.63, 3.8) is 0 Å². The summed E-state index contributed by atoms with van der Waals surface area (Å²) in [5.41, 5.74) is 2.11. The van der Waals surface area contributed by atoms with Crippen LogP contribution in [0.3, 0.4) is 0 Å². The summed E-state index contributed by atoms with van der Waals surface area (Å²) >= 11 is 1.82. The van der Waals surface area contributed by atoms with E-state index in [0.717, 1.165) is 31.3 Å². The second kappa shape index (κ2) is 9.41. The molecule has 3 N–H and O–H groups in total. The maximum absolute atomic E-state index is 12.1. The Labute approximate surface area is 176 Å². The molecule has 0 aliphatic carbocycles. The van der Waals surface area contributed by atoms with Gasteiger partial charge in [0.2, 0.25) is 5.91 Å². The van der Waals surface area contributed by atoms with Crippen molar-refractivity contribution in [1.82, 2.24) is 15.5 Å². The fraction of sp³-hybridized carbons (Fsp3) is 0.455. The minimum Gasteiger partial charge on any atom is -0.356 e. The summed E-state index contributed by atoms with van der Waals surface area (Å²) in [6.45, 7) is 3.81. The quantitative estimate of drug-likeness (QED) is 0.504. The zero-order chi connectivity index (χ0) is 20.1. The Hall–Kier alpha value is -2.38. The van der Waals surface area contributed by atoms with Crippen LogP contribution in [-0.4, -0.2) is 50.0 Å². The van der Waals surface area contributed by atoms with Gasteiger partial charge in [-0.2, -0.15) is 0 Å². The molecule has 2 aliphatic heterocycles. The third-order valence-corrected chi connectivity index (χ3v) is 6.74. The van der Waals surface area contributed by atoms with E-state index < -0.39 is 0 Å². The Morgan fingerprint density at radius 1 is 1.24 bits per heavy atom. The van der Waals surface area contributed by atoms with E-state index >= 15 is 0 Å². The minimum atomic E-state index is 0.0743. The second-order valence-electron chi connectivity index (χ2n) is 7.64. The summed E-state index contributed by atoms with van der Waals surface area (Å²) in [4.78, 5) is 20.4. The van der Waals surface area contributed by atoms with Crippen LogP contribution in [0.2, 0.25) is 0 Å². The number of likely N-dealkylation sites (tertiary alicyclic amines) is 1. The van der Waals surface area contributed by atoms with E-state index in [1.54, 1.807) is 7.05 Å². The Bertz CT molecular complexity index is 845. The molecule has 1 aromatic heterocycles. The van der Waals surface area contributed by atoms with Crippen LogP contribution in [0.1, 0.15) is 41.7 Å². The molecule has 6 nitrogen and oxygen atoms in total. The van der Waals surface area contributed by atoms with Gasteiger partial charge < -0.3 is 16.0 Å². The highest BCUT2D eigenvalue weighted by Crippen LogP contribution is 2.31. The number of guanidine groups is 1. The number of carbonyl (C=O) groups excluding carboxylic acids is 1. The zero-order valence-electron chi connectivity index (χ0n) is 16.9. The summed E-state index contributed by atoms with van der Waals surface area (Å²) in [5, 5.41) is 12.1. The number of fused-ring (bicyclic) bond motifs is 1. The van der Waals surface area contributed by atoms with E-state index in [2.05, 4.69) is 49.4 Å². The van der Waals surface area contributed by atoms with Crippen LogP contribution in [0.4, 0.5) is 5.69 Å². The molecule has 2 aromatic rings. The number of nitrogens with zero attached hydrogens (tertiary/aromatic N) is 2. The molecule has 1 aromatic carbocycles. The van der Waals surface area contributed by atoms with Crippen LogP contribution in [0.5, 0.6) is 0 Å². The van der Waals surface area contributed by atoms with Gasteiger partial charge in [-0.1, -0.05) is 24.3 Å². The van der Waals surface area contributed by atoms with Gasteiger partial charge in [0.05, 0.1) is 6.04 Å². The van der Waals surface area contributed by atoms with Crippen molar-refractivity contribution >= 4 is 28.9 Å². The lowest BCUT2D eigenvalue weighted by atomic mass is 9.90. The molecule has 4 rings (SSSR count). The standard InChI is InChI=1S/C22H29N5OS/c1-23-22(24-14-16-13-21(28)26-18-8-3-2-7-17(16)18)25-15-19(20-9-6-12-29-20)27-10-4-5-11-27/h2-3,6-9,12,16,19H,4-5,10-11,13-15H2,1H3,(H,26,28)(H2,23,24,25). The Kier molecular flexibility index (Phi) is 6.46. The van der Waals surface area contributed by atoms with Crippen LogP contribution >= 0.6 is 11.3 Å². The van der Waals surface area contributed by atoms with Gasteiger partial charge in [0.25, 0.3) is 0 Å². The molecule has 2 unspecified atom stereocenters. The minimum absolute atomic E-state index is 0.0743. The first-order valence-electron chi connectivity index (χ1n) is 10.4. The topological polar surface area (TPSA) is 68.8 Å². The highest BCUT2D eigenvalue weighted by Gasteiger charge is 2.26. The first kappa shape index (κ1) is 19.9. The molecular formula is C22H29N5OS. The molecule has 0 saturated carbocycles. The van der Waals surface area contributed by atoms with Crippen molar-refractivity contribution < 1.29 is 4.79 Å². The number of hydrogen-bond acceptors (Lipinski definition) is 4. The van der Waals surface area contributed by atoms with Crippen molar-refractivity contribution in [2.24, 2.45) is 4.99 Å². The molecule has 3 heterocycles. The number of nitrogens with one attached hydrogen (secondary N) is 3. The van der Waals surface area contributed by atoms with E-state index in [9.17, 15) is 4.79 Å². The lowest BCUT2D eigenvalue weighted by molar-refractivity contribution is -0.116. The van der Waals surface area contributed by atoms with Crippen molar-refractivity contribution in [2.75, 3.05) is 38.5 Å². The van der Waals surface area contributed by atoms with E-state index in [1.807, 2.05) is 29.5 Å². The summed E-state index contributed by atoms with van der Waals surface area (Å²) in [7, 11) is 1.80. The largest absolute Gasteiger partial charge is 0.356 e. The molecule has 0 bridgehead atoms. The lowest BCUT2D eigenvalue weighted by Crippen LogP contribution is -2.44. The molecule has 0 radical (unpaired) electrons. The SMILES string of the molecule is CN=C(NCC1CC(=O)Nc2ccccc21)NCC(c1cccs1)N1CCCC1. The van der Waals surface area contributed by atoms with Crippen LogP contribution < -0.4 is 16.0 Å². The predicted molar refractivity (Wildman–Crippen MR) is 120 cm³/mol. The lowest BCUT2D eigenvalue weighted by Gasteiger charge is -2.29. The molecule has 1 fully saturated rings. The predicted octanol–water partition coefficient (Wildman–Crippen LogP) is 3.18. The normalized spacial score (nSPS) is 20.8. The van der Waals surface area contributed by atoms with Gasteiger partial charge in [0.15, 0.2) is 5.96 Å². The van der Waals surface area contributed by atoms with E-state index in [0.29, 0.717) is 19.0 Å². The fourth-order valence-electron chi connectivity index (χ4n) is 4.26. The van der Waals surface area contributed by atoms with E-state index in [4.69, 9.17) is 0 Å². The number of thiophene rings is 1. The van der Waals surface area contributed by atoms with Crippen molar-refractivity contribution in [1.29, 1.82) is 0 Å². The number of rotatable bonds is 6. The van der Waals surface area contributed by atoms with Crippen LogP contribution in [0.25, 0.3) is 0 Å². The van der Waals surface area contributed by atoms with Gasteiger partial charge in [-0.25, -0.2) is 0 Å². The van der Waals surface area contributed by atoms with Crippen molar-refractivity contribution in [3.05, 3.63) is 52.2 Å². The Morgan fingerprint density at radius 2 is 2.07 bits per heavy atom. The number of aliphatic imine (C=N–C) groups is 1. The molecule has 0 spiro atoms.